The van der Waals surface area contributed by atoms with Crippen LogP contribution in [0.25, 0.3) is 11.3 Å². The van der Waals surface area contributed by atoms with Crippen LogP contribution >= 0.6 is 0 Å². The summed E-state index contributed by atoms with van der Waals surface area (Å²) in [5, 5.41) is 3.03. The number of sulfonamides is 1. The Bertz CT molecular complexity index is 1760. The lowest BCUT2D eigenvalue weighted by Crippen LogP contribution is -2.57. The van der Waals surface area contributed by atoms with Gasteiger partial charge < -0.3 is 15.0 Å². The smallest absolute Gasteiger partial charge is 0.264 e. The zero-order chi connectivity index (χ0) is 30.1. The summed E-state index contributed by atoms with van der Waals surface area (Å²) in [5.74, 6) is 0.656. The topological polar surface area (TPSA) is 130 Å². The number of hydrogen-bond donors (Lipinski definition) is 2. The van der Waals surface area contributed by atoms with E-state index in [1.807, 2.05) is 57.4 Å². The van der Waals surface area contributed by atoms with Crippen LogP contribution in [0.3, 0.4) is 0 Å². The predicted octanol–water partition coefficient (Wildman–Crippen LogP) is 3.72. The predicted molar refractivity (Wildman–Crippen MR) is 164 cm³/mol. The summed E-state index contributed by atoms with van der Waals surface area (Å²) in [6.07, 6.45) is 1.85. The number of aromatic nitrogens is 3. The average Bonchev–Trinajstić information content (AvgIpc) is 3.00. The van der Waals surface area contributed by atoms with E-state index in [0.717, 1.165) is 28.1 Å². The molecule has 4 aromatic rings. The number of piperazine rings is 1. The lowest BCUT2D eigenvalue weighted by molar-refractivity contribution is 0.0310. The van der Waals surface area contributed by atoms with Crippen molar-refractivity contribution in [2.24, 2.45) is 0 Å². The number of aryl methyl sites for hydroxylation is 2. The summed E-state index contributed by atoms with van der Waals surface area (Å²) in [4.78, 5) is 31.2. The lowest BCUT2D eigenvalue weighted by Gasteiger charge is -2.41. The average molecular weight is 600 g/mol. The van der Waals surface area contributed by atoms with E-state index in [4.69, 9.17) is 4.74 Å². The molecule has 1 fully saturated rings. The van der Waals surface area contributed by atoms with Gasteiger partial charge in [-0.3, -0.25) is 9.69 Å². The number of benzene rings is 2. The van der Waals surface area contributed by atoms with Gasteiger partial charge in [-0.1, -0.05) is 30.3 Å². The van der Waals surface area contributed by atoms with Crippen LogP contribution < -0.4 is 14.8 Å². The van der Waals surface area contributed by atoms with Crippen LogP contribution in [0.4, 0.5) is 11.8 Å². The number of anilines is 2. The zero-order valence-corrected chi connectivity index (χ0v) is 25.1. The molecule has 2 aliphatic heterocycles. The molecule has 222 valence electrons. The molecule has 1 atom stereocenters. The Labute approximate surface area is 251 Å². The summed E-state index contributed by atoms with van der Waals surface area (Å²) < 4.78 is 35.6. The van der Waals surface area contributed by atoms with Crippen LogP contribution in [0, 0.1) is 13.8 Å². The first kappa shape index (κ1) is 28.6. The van der Waals surface area contributed by atoms with Gasteiger partial charge in [-0.25, -0.2) is 23.1 Å². The molecule has 1 saturated heterocycles. The monoisotopic (exact) mass is 599 g/mol. The molecule has 4 bridgehead atoms. The number of carbonyl (C=O) groups is 1. The van der Waals surface area contributed by atoms with Crippen LogP contribution in [-0.4, -0.2) is 78.4 Å². The number of ether oxygens (including phenoxy) is 1. The molecule has 0 aliphatic carbocycles. The van der Waals surface area contributed by atoms with Crippen molar-refractivity contribution in [3.8, 4) is 17.1 Å². The van der Waals surface area contributed by atoms with Gasteiger partial charge in [0.05, 0.1) is 16.6 Å². The van der Waals surface area contributed by atoms with E-state index in [1.54, 1.807) is 23.1 Å². The number of carbonyl (C=O) groups excluding carboxylic acids is 1. The molecule has 11 nitrogen and oxygen atoms in total. The number of fused-ring (bicyclic) bond motifs is 5. The van der Waals surface area contributed by atoms with Crippen molar-refractivity contribution in [1.29, 1.82) is 0 Å². The molecule has 2 aromatic heterocycles. The third kappa shape index (κ3) is 6.02. The number of nitrogens with one attached hydrogen (secondary N) is 2. The number of rotatable bonds is 4. The number of amides is 1. The molecule has 2 N–H and O–H groups in total. The first-order chi connectivity index (χ1) is 20.7. The highest BCUT2D eigenvalue weighted by molar-refractivity contribution is 7.92. The third-order valence-electron chi connectivity index (χ3n) is 7.80. The van der Waals surface area contributed by atoms with Crippen LogP contribution in [0.5, 0.6) is 5.88 Å². The van der Waals surface area contributed by atoms with Gasteiger partial charge in [0, 0.05) is 56.6 Å². The SMILES string of the molecule is CNc1ccc(CN2CCN3C(=O)c4cccc(c4)S(=O)(=O)Nc4nc(cc(-c5c(C)cccc5C)n4)OC[C@H]3C2)cn1. The van der Waals surface area contributed by atoms with Gasteiger partial charge in [-0.05, 0) is 54.8 Å². The summed E-state index contributed by atoms with van der Waals surface area (Å²) in [6, 6.07) is 17.4. The molecule has 0 spiro atoms. The van der Waals surface area contributed by atoms with Crippen molar-refractivity contribution >= 4 is 27.7 Å². The molecule has 2 aromatic carbocycles. The molecule has 0 unspecified atom stereocenters. The Morgan fingerprint density at radius 3 is 2.56 bits per heavy atom. The van der Waals surface area contributed by atoms with Crippen molar-refractivity contribution in [1.82, 2.24) is 24.8 Å². The fraction of sp³-hybridized carbons (Fsp3) is 0.290. The second-order valence-corrected chi connectivity index (χ2v) is 12.5. The van der Waals surface area contributed by atoms with E-state index in [0.29, 0.717) is 31.9 Å². The molecule has 6 rings (SSSR count). The minimum Gasteiger partial charge on any atom is -0.475 e. The van der Waals surface area contributed by atoms with Gasteiger partial charge in [0.2, 0.25) is 11.8 Å². The van der Waals surface area contributed by atoms with Crippen LogP contribution in [-0.2, 0) is 16.6 Å². The Kier molecular flexibility index (Phi) is 7.72. The largest absolute Gasteiger partial charge is 0.475 e. The molecule has 43 heavy (non-hydrogen) atoms. The molecule has 1 amide bonds. The first-order valence-corrected chi connectivity index (χ1v) is 15.6. The Hall–Kier alpha value is -4.55. The van der Waals surface area contributed by atoms with E-state index in [-0.39, 0.29) is 40.8 Å². The summed E-state index contributed by atoms with van der Waals surface area (Å²) in [7, 11) is -2.27. The Morgan fingerprint density at radius 1 is 1.02 bits per heavy atom. The van der Waals surface area contributed by atoms with Crippen LogP contribution in [0.2, 0.25) is 0 Å². The minimum absolute atomic E-state index is 0.0474. The zero-order valence-electron chi connectivity index (χ0n) is 24.2. The standard InChI is InChI=1S/C31H33N7O4S/c1-20-6-4-7-21(2)29(20)26-15-28-35-31(34-26)36-43(40,41)25-9-5-8-23(14-25)30(39)38-13-12-37(18-24(38)19-42-28)17-22-10-11-27(32-3)33-16-22/h4-11,14-16,24H,12-13,17-19H2,1-3H3,(H,32,33)(H,34,35,36)/t24-/m1/s1. The molecule has 0 saturated carbocycles. The normalized spacial score (nSPS) is 18.3. The van der Waals surface area contributed by atoms with Crippen molar-refractivity contribution in [2.45, 2.75) is 31.3 Å². The first-order valence-electron chi connectivity index (χ1n) is 14.1. The quantitative estimate of drug-likeness (QED) is 0.361. The van der Waals surface area contributed by atoms with Crippen LogP contribution in [0.1, 0.15) is 27.0 Å². The van der Waals surface area contributed by atoms with E-state index >= 15 is 0 Å². The molecular weight excluding hydrogens is 566 g/mol. The fourth-order valence-corrected chi connectivity index (χ4v) is 6.60. The summed E-state index contributed by atoms with van der Waals surface area (Å²) >= 11 is 0. The Balaban J connectivity index is 1.38. The van der Waals surface area contributed by atoms with E-state index in [9.17, 15) is 13.2 Å². The maximum absolute atomic E-state index is 13.8. The van der Waals surface area contributed by atoms with Crippen molar-refractivity contribution in [2.75, 3.05) is 43.3 Å². The van der Waals surface area contributed by atoms with Crippen molar-refractivity contribution in [3.05, 3.63) is 89.1 Å². The van der Waals surface area contributed by atoms with E-state index < -0.39 is 10.0 Å². The second-order valence-electron chi connectivity index (χ2n) is 10.8. The highest BCUT2D eigenvalue weighted by Crippen LogP contribution is 2.30. The number of hydrogen-bond acceptors (Lipinski definition) is 9. The summed E-state index contributed by atoms with van der Waals surface area (Å²) in [5.41, 5.74) is 4.74. The van der Waals surface area contributed by atoms with Gasteiger partial charge >= 0.3 is 0 Å². The van der Waals surface area contributed by atoms with Crippen LogP contribution in [0.15, 0.2) is 71.8 Å². The lowest BCUT2D eigenvalue weighted by atomic mass is 10.00. The highest BCUT2D eigenvalue weighted by atomic mass is 32.2. The molecular formula is C31H33N7O4S. The molecule has 12 heteroatoms. The van der Waals surface area contributed by atoms with Gasteiger partial charge in [0.1, 0.15) is 12.4 Å². The van der Waals surface area contributed by atoms with Crippen molar-refractivity contribution in [3.63, 3.8) is 0 Å². The molecule has 0 radical (unpaired) electrons. The van der Waals surface area contributed by atoms with E-state index in [1.165, 1.54) is 12.1 Å². The van der Waals surface area contributed by atoms with Gasteiger partial charge in [-0.15, -0.1) is 0 Å². The summed E-state index contributed by atoms with van der Waals surface area (Å²) in [6.45, 7) is 6.43. The van der Waals surface area contributed by atoms with E-state index in [2.05, 4.69) is 29.9 Å². The maximum atomic E-state index is 13.8. The fourth-order valence-electron chi connectivity index (χ4n) is 5.61. The van der Waals surface area contributed by atoms with Crippen molar-refractivity contribution < 1.29 is 17.9 Å². The third-order valence-corrected chi connectivity index (χ3v) is 9.12. The number of nitrogens with zero attached hydrogens (tertiary/aromatic N) is 5. The molecule has 2 aliphatic rings. The Morgan fingerprint density at radius 2 is 1.81 bits per heavy atom. The highest BCUT2D eigenvalue weighted by Gasteiger charge is 2.33. The second kappa shape index (κ2) is 11.6. The molecule has 4 heterocycles. The maximum Gasteiger partial charge on any atom is 0.264 e. The van der Waals surface area contributed by atoms with Gasteiger partial charge in [0.25, 0.3) is 15.9 Å². The van der Waals surface area contributed by atoms with Gasteiger partial charge in [0.15, 0.2) is 0 Å². The number of pyridine rings is 1. The van der Waals surface area contributed by atoms with Gasteiger partial charge in [-0.2, -0.15) is 4.98 Å². The minimum atomic E-state index is -4.10.